The van der Waals surface area contributed by atoms with Crippen molar-refractivity contribution < 1.29 is 13.3 Å². The van der Waals surface area contributed by atoms with Crippen molar-refractivity contribution in [3.05, 3.63) is 212 Å². The zero-order chi connectivity index (χ0) is 42.6. The first-order valence-corrected chi connectivity index (χ1v) is 22.0. The van der Waals surface area contributed by atoms with Gasteiger partial charge in [-0.05, 0) is 82.4 Å². The molecule has 4 heteroatoms. The van der Waals surface area contributed by atoms with Gasteiger partial charge in [-0.1, -0.05) is 158 Å². The van der Waals surface area contributed by atoms with Gasteiger partial charge in [-0.2, -0.15) is 0 Å². The van der Waals surface area contributed by atoms with E-state index in [-0.39, 0.29) is 0 Å². The Bertz CT molecular complexity index is 4110. The molecule has 0 saturated carbocycles. The SMILES string of the molecule is c1ccc(-c2c3c(cc4c(-c5cccc(-c6cc(-c7cccc8c7oc7ccccc78)cc(-c7cccc8c7oc7ccccc78)c6)c5)nc5ccccc5c24)oc2ccccc23)cc1. The fourth-order valence-electron chi connectivity index (χ4n) is 10.3. The molecule has 0 aliphatic heterocycles. The van der Waals surface area contributed by atoms with Crippen LogP contribution in [-0.4, -0.2) is 4.98 Å². The Morgan fingerprint density at radius 1 is 0.277 bits per heavy atom. The number of hydrogen-bond acceptors (Lipinski definition) is 4. The predicted molar refractivity (Wildman–Crippen MR) is 268 cm³/mol. The van der Waals surface area contributed by atoms with Crippen LogP contribution in [0.3, 0.4) is 0 Å². The van der Waals surface area contributed by atoms with Crippen LogP contribution < -0.4 is 0 Å². The molecule has 65 heavy (non-hydrogen) atoms. The van der Waals surface area contributed by atoms with E-state index in [0.29, 0.717) is 0 Å². The van der Waals surface area contributed by atoms with E-state index in [1.807, 2.05) is 30.3 Å². The highest BCUT2D eigenvalue weighted by Gasteiger charge is 2.23. The molecule has 4 aromatic heterocycles. The predicted octanol–water partition coefficient (Wildman–Crippen LogP) is 17.4. The molecule has 0 saturated heterocycles. The Labute approximate surface area is 372 Å². The molecule has 10 aromatic carbocycles. The maximum absolute atomic E-state index is 6.69. The normalized spacial score (nSPS) is 12.0. The molecule has 0 N–H and O–H groups in total. The molecule has 0 radical (unpaired) electrons. The Kier molecular flexibility index (Phi) is 7.65. The van der Waals surface area contributed by atoms with E-state index in [9.17, 15) is 0 Å². The van der Waals surface area contributed by atoms with Crippen LogP contribution in [0.25, 0.3) is 143 Å². The van der Waals surface area contributed by atoms with Gasteiger partial charge in [0.1, 0.15) is 33.5 Å². The van der Waals surface area contributed by atoms with Gasteiger partial charge < -0.3 is 13.3 Å². The average Bonchev–Trinajstić information content (AvgIpc) is 4.07. The Morgan fingerprint density at radius 2 is 0.769 bits per heavy atom. The summed E-state index contributed by atoms with van der Waals surface area (Å²) in [5.41, 5.74) is 16.6. The highest BCUT2D eigenvalue weighted by molar-refractivity contribution is 6.28. The molecule has 0 atom stereocenters. The van der Waals surface area contributed by atoms with Crippen molar-refractivity contribution >= 4 is 87.5 Å². The second-order valence-corrected chi connectivity index (χ2v) is 16.9. The summed E-state index contributed by atoms with van der Waals surface area (Å²) in [7, 11) is 0. The van der Waals surface area contributed by atoms with E-state index in [2.05, 4.69) is 182 Å². The molecule has 4 nitrogen and oxygen atoms in total. The van der Waals surface area contributed by atoms with Gasteiger partial charge in [-0.15, -0.1) is 0 Å². The molecular formula is C61H35NO3. The van der Waals surface area contributed by atoms with E-state index in [1.165, 1.54) is 0 Å². The summed E-state index contributed by atoms with van der Waals surface area (Å²) < 4.78 is 20.0. The summed E-state index contributed by atoms with van der Waals surface area (Å²) in [6.07, 6.45) is 0. The van der Waals surface area contributed by atoms with Crippen LogP contribution in [0.4, 0.5) is 0 Å². The monoisotopic (exact) mass is 829 g/mol. The van der Waals surface area contributed by atoms with Gasteiger partial charge in [0.15, 0.2) is 0 Å². The fraction of sp³-hybridized carbons (Fsp3) is 0. The lowest BCUT2D eigenvalue weighted by molar-refractivity contribution is 0.669. The largest absolute Gasteiger partial charge is 0.456 e. The molecule has 0 aliphatic rings. The third kappa shape index (κ3) is 5.47. The van der Waals surface area contributed by atoms with E-state index in [4.69, 9.17) is 18.2 Å². The number of benzene rings is 10. The Hall–Kier alpha value is -8.73. The lowest BCUT2D eigenvalue weighted by Crippen LogP contribution is -1.93. The minimum Gasteiger partial charge on any atom is -0.456 e. The minimum atomic E-state index is 0.837. The van der Waals surface area contributed by atoms with Gasteiger partial charge in [0, 0.05) is 70.7 Å². The summed E-state index contributed by atoms with van der Waals surface area (Å²) in [5.74, 6) is 0. The molecule has 0 amide bonds. The summed E-state index contributed by atoms with van der Waals surface area (Å²) >= 11 is 0. The van der Waals surface area contributed by atoms with Crippen LogP contribution in [0.2, 0.25) is 0 Å². The van der Waals surface area contributed by atoms with Crippen LogP contribution in [0.1, 0.15) is 0 Å². The maximum atomic E-state index is 6.69. The first kappa shape index (κ1) is 35.8. The highest BCUT2D eigenvalue weighted by atomic mass is 16.3. The second kappa shape index (κ2) is 13.9. The average molecular weight is 830 g/mol. The van der Waals surface area contributed by atoms with Crippen LogP contribution >= 0.6 is 0 Å². The number of furan rings is 3. The van der Waals surface area contributed by atoms with E-state index >= 15 is 0 Å². The van der Waals surface area contributed by atoms with Crippen LogP contribution in [-0.2, 0) is 0 Å². The number of pyridine rings is 1. The van der Waals surface area contributed by atoms with E-state index in [1.54, 1.807) is 0 Å². The fourth-order valence-corrected chi connectivity index (χ4v) is 10.3. The molecular weight excluding hydrogens is 795 g/mol. The lowest BCUT2D eigenvalue weighted by atomic mass is 9.88. The number of rotatable bonds is 5. The van der Waals surface area contributed by atoms with Gasteiger partial charge in [0.05, 0.1) is 11.2 Å². The molecule has 0 fully saturated rings. The quantitative estimate of drug-likeness (QED) is 0.162. The molecule has 302 valence electrons. The number of para-hydroxylation sites is 6. The molecule has 14 rings (SSSR count). The van der Waals surface area contributed by atoms with Gasteiger partial charge >= 0.3 is 0 Å². The zero-order valence-electron chi connectivity index (χ0n) is 34.9. The summed E-state index contributed by atoms with van der Waals surface area (Å²) in [4.78, 5) is 5.48. The first-order chi connectivity index (χ1) is 32.2. The number of nitrogens with zero attached hydrogens (tertiary/aromatic N) is 1. The zero-order valence-corrected chi connectivity index (χ0v) is 34.9. The third-order valence-corrected chi connectivity index (χ3v) is 13.2. The standard InChI is InChI=1S/C61H35NO3/c1-2-15-36(16-3-1)56-57-48-21-4-8-27-51(48)62-59(50(57)35-55-58(56)49-22-7-11-30-54(49)63-55)38-18-12-17-37(31-38)39-32-40(42-23-13-25-46-44-19-5-9-28-52(44)64-60(42)46)34-41(33-39)43-24-14-26-47-45-20-6-10-29-53(45)65-61(43)47/h1-35H. The molecule has 4 heterocycles. The smallest absolute Gasteiger partial charge is 0.143 e. The lowest BCUT2D eigenvalue weighted by Gasteiger charge is -2.16. The van der Waals surface area contributed by atoms with Gasteiger partial charge in [-0.3, -0.25) is 0 Å². The van der Waals surface area contributed by atoms with E-state index < -0.39 is 0 Å². The van der Waals surface area contributed by atoms with Crippen molar-refractivity contribution in [1.29, 1.82) is 0 Å². The summed E-state index contributed by atoms with van der Waals surface area (Å²) in [6, 6.07) is 74.9. The van der Waals surface area contributed by atoms with Crippen molar-refractivity contribution in [2.75, 3.05) is 0 Å². The van der Waals surface area contributed by atoms with Gasteiger partial charge in [0.2, 0.25) is 0 Å². The summed E-state index contributed by atoms with van der Waals surface area (Å²) in [5, 5.41) is 9.89. The van der Waals surface area contributed by atoms with Crippen molar-refractivity contribution in [3.8, 4) is 55.8 Å². The van der Waals surface area contributed by atoms with Crippen molar-refractivity contribution in [2.45, 2.75) is 0 Å². The van der Waals surface area contributed by atoms with Gasteiger partial charge in [0.25, 0.3) is 0 Å². The molecule has 0 unspecified atom stereocenters. The van der Waals surface area contributed by atoms with E-state index in [0.717, 1.165) is 143 Å². The molecule has 0 spiro atoms. The topological polar surface area (TPSA) is 52.3 Å². The second-order valence-electron chi connectivity index (χ2n) is 16.9. The molecule has 0 bridgehead atoms. The van der Waals surface area contributed by atoms with Crippen LogP contribution in [0.15, 0.2) is 226 Å². The first-order valence-electron chi connectivity index (χ1n) is 22.0. The van der Waals surface area contributed by atoms with Crippen LogP contribution in [0, 0.1) is 0 Å². The number of fused-ring (bicyclic) bond motifs is 12. The number of aromatic nitrogens is 1. The van der Waals surface area contributed by atoms with Crippen molar-refractivity contribution in [1.82, 2.24) is 4.98 Å². The molecule has 14 aromatic rings. The minimum absolute atomic E-state index is 0.837. The maximum Gasteiger partial charge on any atom is 0.143 e. The number of hydrogen-bond donors (Lipinski definition) is 0. The van der Waals surface area contributed by atoms with Crippen molar-refractivity contribution in [2.24, 2.45) is 0 Å². The van der Waals surface area contributed by atoms with Crippen LogP contribution in [0.5, 0.6) is 0 Å². The summed E-state index contributed by atoms with van der Waals surface area (Å²) in [6.45, 7) is 0. The van der Waals surface area contributed by atoms with Crippen molar-refractivity contribution in [3.63, 3.8) is 0 Å². The van der Waals surface area contributed by atoms with Gasteiger partial charge in [-0.25, -0.2) is 4.98 Å². The highest BCUT2D eigenvalue weighted by Crippen LogP contribution is 2.47. The Balaban J connectivity index is 1.03. The third-order valence-electron chi connectivity index (χ3n) is 13.2. The Morgan fingerprint density at radius 3 is 1.45 bits per heavy atom. The molecule has 0 aliphatic carbocycles.